The van der Waals surface area contributed by atoms with E-state index in [1.165, 1.54) is 0 Å². The first kappa shape index (κ1) is 7.92. The summed E-state index contributed by atoms with van der Waals surface area (Å²) in [5, 5.41) is 0. The van der Waals surface area contributed by atoms with Gasteiger partial charge in [0.1, 0.15) is 6.10 Å². The summed E-state index contributed by atoms with van der Waals surface area (Å²) in [5.74, 6) is 0.344. The molecule has 0 radical (unpaired) electrons. The Balaban J connectivity index is 2.22. The summed E-state index contributed by atoms with van der Waals surface area (Å²) in [6.45, 7) is 3.59. The molecule has 0 aromatic heterocycles. The molecule has 0 saturated heterocycles. The lowest BCUT2D eigenvalue weighted by Crippen LogP contribution is -2.06. The first-order chi connectivity index (χ1) is 6.36. The summed E-state index contributed by atoms with van der Waals surface area (Å²) in [7, 11) is 0. The van der Waals surface area contributed by atoms with Gasteiger partial charge in [-0.05, 0) is 18.2 Å². The molecular weight excluding hydrogens is 164 g/mol. The number of hydrogen-bond acceptors (Lipinski definition) is 2. The zero-order chi connectivity index (χ0) is 9.10. The van der Waals surface area contributed by atoms with E-state index < -0.39 is 0 Å². The van der Waals surface area contributed by atoms with E-state index in [4.69, 9.17) is 9.47 Å². The van der Waals surface area contributed by atoms with Crippen molar-refractivity contribution in [2.45, 2.75) is 6.10 Å². The molecule has 0 spiro atoms. The molecule has 0 saturated carbocycles. The van der Waals surface area contributed by atoms with Crippen molar-refractivity contribution in [1.82, 2.24) is 0 Å². The second-order valence-corrected chi connectivity index (χ2v) is 2.77. The smallest absolute Gasteiger partial charge is 0.277 e. The van der Waals surface area contributed by atoms with E-state index >= 15 is 0 Å². The van der Waals surface area contributed by atoms with E-state index in [1.807, 2.05) is 36.4 Å². The van der Waals surface area contributed by atoms with Gasteiger partial charge in [0.2, 0.25) is 0 Å². The minimum Gasteiger partial charge on any atom is -0.453 e. The maximum absolute atomic E-state index is 5.37. The first-order valence-corrected chi connectivity index (χ1v) is 4.10. The van der Waals surface area contributed by atoms with Gasteiger partial charge in [-0.2, -0.15) is 0 Å². The molecule has 2 rings (SSSR count). The van der Waals surface area contributed by atoms with E-state index in [0.29, 0.717) is 5.95 Å². The fourth-order valence-electron chi connectivity index (χ4n) is 1.22. The fraction of sp³-hybridized carbons (Fsp3) is 0.0909. The van der Waals surface area contributed by atoms with Crippen LogP contribution in [0.4, 0.5) is 0 Å². The van der Waals surface area contributed by atoms with Gasteiger partial charge in [0, 0.05) is 0 Å². The van der Waals surface area contributed by atoms with E-state index in [2.05, 4.69) is 6.58 Å². The molecule has 1 aromatic carbocycles. The molecule has 0 bridgehead atoms. The quantitative estimate of drug-likeness (QED) is 0.651. The number of hydrogen-bond donors (Lipinski definition) is 0. The summed E-state index contributed by atoms with van der Waals surface area (Å²) in [5.41, 5.74) is 1.10. The molecule has 1 atom stereocenters. The van der Waals surface area contributed by atoms with Crippen LogP contribution in [-0.4, -0.2) is 0 Å². The minimum absolute atomic E-state index is 0.0672. The molecule has 0 amide bonds. The summed E-state index contributed by atoms with van der Waals surface area (Å²) in [6, 6.07) is 9.94. The van der Waals surface area contributed by atoms with Crippen molar-refractivity contribution in [1.29, 1.82) is 0 Å². The maximum Gasteiger partial charge on any atom is 0.277 e. The van der Waals surface area contributed by atoms with Crippen molar-refractivity contribution in [2.24, 2.45) is 0 Å². The largest absolute Gasteiger partial charge is 0.453 e. The predicted octanol–water partition coefficient (Wildman–Crippen LogP) is 2.76. The summed E-state index contributed by atoms with van der Waals surface area (Å²) >= 11 is 0. The Bertz CT molecular complexity index is 327. The van der Waals surface area contributed by atoms with Crippen molar-refractivity contribution < 1.29 is 9.47 Å². The van der Waals surface area contributed by atoms with Gasteiger partial charge in [-0.1, -0.05) is 30.3 Å². The Morgan fingerprint density at radius 2 is 1.92 bits per heavy atom. The van der Waals surface area contributed by atoms with Crippen LogP contribution >= 0.6 is 0 Å². The van der Waals surface area contributed by atoms with Crippen molar-refractivity contribution >= 4 is 0 Å². The molecule has 0 aliphatic carbocycles. The van der Waals surface area contributed by atoms with E-state index in [0.717, 1.165) is 5.56 Å². The lowest BCUT2D eigenvalue weighted by molar-refractivity contribution is 0.0286. The fourth-order valence-corrected chi connectivity index (χ4v) is 1.22. The minimum atomic E-state index is -0.0672. The SMILES string of the molecule is C=C1OC=CC(c2ccccc2)O1. The van der Waals surface area contributed by atoms with E-state index in [1.54, 1.807) is 6.26 Å². The van der Waals surface area contributed by atoms with Gasteiger partial charge in [-0.25, -0.2) is 0 Å². The summed E-state index contributed by atoms with van der Waals surface area (Å²) in [6.07, 6.45) is 3.38. The molecule has 0 N–H and O–H groups in total. The third-order valence-corrected chi connectivity index (χ3v) is 1.84. The van der Waals surface area contributed by atoms with Crippen LogP contribution in [0.1, 0.15) is 11.7 Å². The van der Waals surface area contributed by atoms with Crippen LogP contribution in [0.15, 0.2) is 55.2 Å². The van der Waals surface area contributed by atoms with Gasteiger partial charge in [-0.15, -0.1) is 0 Å². The zero-order valence-electron chi connectivity index (χ0n) is 7.14. The second kappa shape index (κ2) is 3.35. The van der Waals surface area contributed by atoms with Crippen molar-refractivity contribution in [3.05, 3.63) is 60.8 Å². The lowest BCUT2D eigenvalue weighted by Gasteiger charge is -2.20. The average molecular weight is 174 g/mol. The van der Waals surface area contributed by atoms with Gasteiger partial charge in [0.25, 0.3) is 5.95 Å². The number of rotatable bonds is 1. The normalized spacial score (nSPS) is 20.6. The van der Waals surface area contributed by atoms with Gasteiger partial charge in [-0.3, -0.25) is 0 Å². The van der Waals surface area contributed by atoms with Crippen molar-refractivity contribution in [3.63, 3.8) is 0 Å². The summed E-state index contributed by atoms with van der Waals surface area (Å²) in [4.78, 5) is 0. The average Bonchev–Trinajstić information content (AvgIpc) is 2.19. The Kier molecular flexibility index (Phi) is 2.04. The standard InChI is InChI=1S/C11H10O2/c1-9-12-8-7-11(13-9)10-5-3-2-4-6-10/h2-8,11H,1H2. The van der Waals surface area contributed by atoms with Crippen molar-refractivity contribution in [2.75, 3.05) is 0 Å². The summed E-state index contributed by atoms with van der Waals surface area (Å²) < 4.78 is 10.3. The Morgan fingerprint density at radius 1 is 1.15 bits per heavy atom. The highest BCUT2D eigenvalue weighted by Gasteiger charge is 2.13. The Morgan fingerprint density at radius 3 is 2.62 bits per heavy atom. The number of benzene rings is 1. The van der Waals surface area contributed by atoms with E-state index in [9.17, 15) is 0 Å². The second-order valence-electron chi connectivity index (χ2n) is 2.77. The highest BCUT2D eigenvalue weighted by Crippen LogP contribution is 2.25. The van der Waals surface area contributed by atoms with Crippen LogP contribution in [0.25, 0.3) is 0 Å². The molecule has 1 aromatic rings. The molecule has 13 heavy (non-hydrogen) atoms. The lowest BCUT2D eigenvalue weighted by atomic mass is 10.1. The Labute approximate surface area is 77.1 Å². The first-order valence-electron chi connectivity index (χ1n) is 4.10. The zero-order valence-corrected chi connectivity index (χ0v) is 7.14. The van der Waals surface area contributed by atoms with Crippen LogP contribution in [0, 0.1) is 0 Å². The molecule has 2 nitrogen and oxygen atoms in total. The monoisotopic (exact) mass is 174 g/mol. The van der Waals surface area contributed by atoms with Crippen LogP contribution in [0.3, 0.4) is 0 Å². The van der Waals surface area contributed by atoms with Crippen LogP contribution in [0.5, 0.6) is 0 Å². The van der Waals surface area contributed by atoms with Crippen LogP contribution in [0.2, 0.25) is 0 Å². The highest BCUT2D eigenvalue weighted by atomic mass is 16.7. The molecule has 66 valence electrons. The van der Waals surface area contributed by atoms with Gasteiger partial charge >= 0.3 is 0 Å². The Hall–Kier alpha value is -1.70. The maximum atomic E-state index is 5.37. The van der Waals surface area contributed by atoms with Crippen molar-refractivity contribution in [3.8, 4) is 0 Å². The topological polar surface area (TPSA) is 18.5 Å². The van der Waals surface area contributed by atoms with E-state index in [-0.39, 0.29) is 6.10 Å². The van der Waals surface area contributed by atoms with Gasteiger partial charge in [0.15, 0.2) is 0 Å². The number of ether oxygens (including phenoxy) is 2. The predicted molar refractivity (Wildman–Crippen MR) is 49.6 cm³/mol. The molecule has 1 unspecified atom stereocenters. The van der Waals surface area contributed by atoms with Crippen LogP contribution in [-0.2, 0) is 9.47 Å². The molecular formula is C11H10O2. The molecule has 1 aliphatic heterocycles. The molecule has 2 heteroatoms. The third-order valence-electron chi connectivity index (χ3n) is 1.84. The van der Waals surface area contributed by atoms with Gasteiger partial charge in [0.05, 0.1) is 6.26 Å². The molecule has 1 heterocycles. The molecule has 1 aliphatic rings. The third kappa shape index (κ3) is 1.72. The molecule has 0 fully saturated rings. The van der Waals surface area contributed by atoms with Gasteiger partial charge < -0.3 is 9.47 Å². The van der Waals surface area contributed by atoms with Crippen LogP contribution < -0.4 is 0 Å². The highest BCUT2D eigenvalue weighted by molar-refractivity contribution is 5.22.